The molecule has 0 N–H and O–H groups in total. The van der Waals surface area contributed by atoms with Crippen LogP contribution in [0.3, 0.4) is 0 Å². The lowest BCUT2D eigenvalue weighted by atomic mass is 11.1. The molecule has 2 aromatic heterocycles. The van der Waals surface area contributed by atoms with Crippen molar-refractivity contribution in [2.24, 2.45) is 0 Å². The fourth-order valence-corrected chi connectivity index (χ4v) is 4.99. The van der Waals surface area contributed by atoms with E-state index in [1.54, 1.807) is 0 Å². The predicted octanol–water partition coefficient (Wildman–Crippen LogP) is 2.12. The molecular weight excluding hydrogens is 194 g/mol. The summed E-state index contributed by atoms with van der Waals surface area (Å²) in [6.07, 6.45) is 0. The summed E-state index contributed by atoms with van der Waals surface area (Å²) in [6, 6.07) is 0. The fraction of sp³-hybridized carbons (Fsp3) is 0. The molecule has 6 heteroatoms. The summed E-state index contributed by atoms with van der Waals surface area (Å²) in [5.74, 6) is 0. The molecule has 2 heterocycles. The standard InChI is InChI=1S/C3NOS4/c5-3-6-1-2(7-3)9-4-8-1/q+1. The Bertz CT molecular complexity index is 338. The van der Waals surface area contributed by atoms with Gasteiger partial charge in [0.15, 0.2) is 11.5 Å². The van der Waals surface area contributed by atoms with Crippen LogP contribution in [0, 0.1) is 0 Å². The van der Waals surface area contributed by atoms with Gasteiger partial charge in [0.05, 0.1) is 11.3 Å². The van der Waals surface area contributed by atoms with Crippen LogP contribution in [0.1, 0.15) is 0 Å². The number of hydrogen-bond acceptors (Lipinski definition) is 5. The minimum Gasteiger partial charge on any atom is -0.247 e. The van der Waals surface area contributed by atoms with Crippen molar-refractivity contribution in [3.63, 3.8) is 0 Å². The third-order valence-electron chi connectivity index (χ3n) is 0.759. The number of nitrogens with zero attached hydrogens (tertiary/aromatic N) is 1. The minimum atomic E-state index is 0.176. The molecule has 0 unspecified atom stereocenters. The van der Waals surface area contributed by atoms with Gasteiger partial charge in [0.1, 0.15) is 11.5 Å². The zero-order valence-electron chi connectivity index (χ0n) is 3.99. The van der Waals surface area contributed by atoms with E-state index in [0.717, 1.165) is 8.03 Å². The third kappa shape index (κ3) is 0.917. The zero-order chi connectivity index (χ0) is 6.27. The van der Waals surface area contributed by atoms with E-state index in [0.29, 0.717) is 0 Å². The van der Waals surface area contributed by atoms with Crippen molar-refractivity contribution in [2.45, 2.75) is 0 Å². The van der Waals surface area contributed by atoms with Gasteiger partial charge >= 0.3 is 4.06 Å². The highest BCUT2D eigenvalue weighted by molar-refractivity contribution is 7.54. The maximum absolute atomic E-state index is 10.7. The van der Waals surface area contributed by atoms with Crippen molar-refractivity contribution in [1.82, 2.24) is 3.76 Å². The van der Waals surface area contributed by atoms with Crippen LogP contribution in [-0.2, 0) is 0 Å². The van der Waals surface area contributed by atoms with Gasteiger partial charge in [0.25, 0.3) is 4.01 Å². The smallest absolute Gasteiger partial charge is 0.247 e. The number of aromatic nitrogens is 1. The van der Waals surface area contributed by atoms with Gasteiger partial charge in [-0.3, -0.25) is 0 Å². The van der Waals surface area contributed by atoms with Crippen LogP contribution in [0.4, 0.5) is 0 Å². The first-order valence-corrected chi connectivity index (χ1v) is 5.22. The van der Waals surface area contributed by atoms with E-state index in [1.165, 1.54) is 45.7 Å². The van der Waals surface area contributed by atoms with Gasteiger partial charge in [-0.05, 0) is 11.3 Å². The van der Waals surface area contributed by atoms with Gasteiger partial charge < -0.3 is 0 Å². The average molecular weight is 194 g/mol. The molecule has 0 aliphatic heterocycles. The maximum Gasteiger partial charge on any atom is 0.357 e. The van der Waals surface area contributed by atoms with E-state index in [2.05, 4.69) is 3.76 Å². The Morgan fingerprint density at radius 3 is 3.11 bits per heavy atom. The summed E-state index contributed by atoms with van der Waals surface area (Å²) in [6.45, 7) is 0. The Labute approximate surface area is 66.4 Å². The molecule has 9 heavy (non-hydrogen) atoms. The topological polar surface area (TPSA) is 30.0 Å². The second kappa shape index (κ2) is 2.05. The second-order valence-electron chi connectivity index (χ2n) is 1.29. The molecule has 0 saturated carbocycles. The fourth-order valence-electron chi connectivity index (χ4n) is 0.454. The van der Waals surface area contributed by atoms with Gasteiger partial charge in [-0.2, -0.15) is 0 Å². The van der Waals surface area contributed by atoms with E-state index in [-0.39, 0.29) is 4.06 Å². The quantitative estimate of drug-likeness (QED) is 0.601. The summed E-state index contributed by atoms with van der Waals surface area (Å²) in [4.78, 5) is 10.7. The van der Waals surface area contributed by atoms with Gasteiger partial charge in [-0.25, -0.2) is 4.79 Å². The van der Waals surface area contributed by atoms with E-state index in [4.69, 9.17) is 0 Å². The molecule has 0 atom stereocenters. The van der Waals surface area contributed by atoms with Gasteiger partial charge in [-0.15, -0.1) is 0 Å². The largest absolute Gasteiger partial charge is 0.357 e. The molecular formula is C3NOS4+. The molecule has 0 aliphatic carbocycles. The predicted molar refractivity (Wildman–Crippen MR) is 43.9 cm³/mol. The molecule has 0 aromatic carbocycles. The first-order valence-electron chi connectivity index (χ1n) is 2.04. The molecule has 2 nitrogen and oxygen atoms in total. The van der Waals surface area contributed by atoms with E-state index < -0.39 is 0 Å². The number of rotatable bonds is 0. The Kier molecular flexibility index (Phi) is 1.33. The Balaban J connectivity index is 3.08. The highest BCUT2D eigenvalue weighted by atomic mass is 32.2. The Morgan fingerprint density at radius 2 is 2.33 bits per heavy atom. The van der Waals surface area contributed by atoms with Crippen molar-refractivity contribution in [3.8, 4) is 0 Å². The van der Waals surface area contributed by atoms with Crippen molar-refractivity contribution >= 4 is 53.8 Å². The summed E-state index contributed by atoms with van der Waals surface area (Å²) in [5.41, 5.74) is 0. The number of fused-ring (bicyclic) bond motifs is 1. The summed E-state index contributed by atoms with van der Waals surface area (Å²) >= 11 is 5.39. The van der Waals surface area contributed by atoms with Gasteiger partial charge in [0.2, 0.25) is 4.01 Å². The summed E-state index contributed by atoms with van der Waals surface area (Å²) in [7, 11) is 0. The average Bonchev–Trinajstić information content (AvgIpc) is 2.22. The Hall–Kier alpha value is 0.0900. The lowest BCUT2D eigenvalue weighted by Crippen LogP contribution is -1.73. The SMILES string of the molecule is O=c1sc2sn[s+]c2s1. The van der Waals surface area contributed by atoms with Crippen LogP contribution < -0.4 is 4.06 Å². The molecule has 2 aromatic rings. The summed E-state index contributed by atoms with van der Waals surface area (Å²) < 4.78 is 6.27. The van der Waals surface area contributed by atoms with Gasteiger partial charge in [-0.1, -0.05) is 0 Å². The van der Waals surface area contributed by atoms with Crippen LogP contribution in [0.25, 0.3) is 8.03 Å². The molecule has 46 valence electrons. The molecule has 0 bridgehead atoms. The van der Waals surface area contributed by atoms with Crippen molar-refractivity contribution in [2.75, 3.05) is 0 Å². The Morgan fingerprint density at radius 1 is 1.44 bits per heavy atom. The molecule has 0 saturated heterocycles. The van der Waals surface area contributed by atoms with Crippen LogP contribution in [0.2, 0.25) is 0 Å². The van der Waals surface area contributed by atoms with Crippen LogP contribution in [0.15, 0.2) is 4.79 Å². The van der Waals surface area contributed by atoms with Crippen LogP contribution in [0.5, 0.6) is 0 Å². The third-order valence-corrected chi connectivity index (χ3v) is 5.17. The molecule has 0 amide bonds. The lowest BCUT2D eigenvalue weighted by Gasteiger charge is -1.45. The van der Waals surface area contributed by atoms with Crippen molar-refractivity contribution < 1.29 is 0 Å². The monoisotopic (exact) mass is 194 g/mol. The van der Waals surface area contributed by atoms with Crippen LogP contribution in [-0.4, -0.2) is 3.76 Å². The number of hydrogen-bond donors (Lipinski definition) is 0. The zero-order valence-corrected chi connectivity index (χ0v) is 7.25. The highest BCUT2D eigenvalue weighted by Gasteiger charge is 2.12. The van der Waals surface area contributed by atoms with Crippen molar-refractivity contribution in [1.29, 1.82) is 0 Å². The molecule has 0 spiro atoms. The molecule has 0 aliphatic rings. The minimum absolute atomic E-state index is 0.176. The first-order chi connectivity index (χ1) is 4.36. The maximum atomic E-state index is 10.7. The van der Waals surface area contributed by atoms with E-state index >= 15 is 0 Å². The van der Waals surface area contributed by atoms with E-state index in [1.807, 2.05) is 0 Å². The molecule has 2 rings (SSSR count). The van der Waals surface area contributed by atoms with Gasteiger partial charge in [0, 0.05) is 3.76 Å². The summed E-state index contributed by atoms with van der Waals surface area (Å²) in [5, 5.41) is 0. The van der Waals surface area contributed by atoms with E-state index in [9.17, 15) is 4.79 Å². The second-order valence-corrected chi connectivity index (χ2v) is 5.81. The first kappa shape index (κ1) is 5.84. The molecule has 0 fully saturated rings. The highest BCUT2D eigenvalue weighted by Crippen LogP contribution is 2.27. The molecule has 0 radical (unpaired) electrons. The van der Waals surface area contributed by atoms with Crippen LogP contribution >= 0.6 is 45.7 Å². The normalized spacial score (nSPS) is 10.7. The van der Waals surface area contributed by atoms with Crippen molar-refractivity contribution in [3.05, 3.63) is 8.85 Å². The lowest BCUT2D eigenvalue weighted by molar-refractivity contribution is 1.91.